The molecule has 3 nitrogen and oxygen atoms in total. The zero-order valence-corrected chi connectivity index (χ0v) is 11.8. The molecular weight excluding hydrogens is 257 g/mol. The quantitative estimate of drug-likeness (QED) is 0.828. The number of phenolic OH excluding ortho intramolecular Hbond substituents is 1. The summed E-state index contributed by atoms with van der Waals surface area (Å²) in [6.45, 7) is 3.70. The normalized spacial score (nSPS) is 12.0. The molecule has 0 saturated carbocycles. The molecule has 0 aliphatic heterocycles. The van der Waals surface area contributed by atoms with Gasteiger partial charge in [0.15, 0.2) is 0 Å². The molecule has 106 valence electrons. The standard InChI is InChI=1S/C16H18FNO2/c1-10-8-12(4-7-16(10)19)18-11(2)14-6-5-13(20-3)9-15(14)17/h4-9,11,18-19H,1-3H3. The van der Waals surface area contributed by atoms with Gasteiger partial charge in [-0.3, -0.25) is 0 Å². The Kier molecular flexibility index (Phi) is 4.13. The minimum atomic E-state index is -0.306. The van der Waals surface area contributed by atoms with Crippen LogP contribution in [0.1, 0.15) is 24.1 Å². The highest BCUT2D eigenvalue weighted by molar-refractivity contribution is 5.51. The number of phenols is 1. The van der Waals surface area contributed by atoms with E-state index in [1.807, 2.05) is 19.9 Å². The van der Waals surface area contributed by atoms with E-state index in [1.54, 1.807) is 24.3 Å². The molecule has 0 aliphatic carbocycles. The average molecular weight is 275 g/mol. The summed E-state index contributed by atoms with van der Waals surface area (Å²) in [6.07, 6.45) is 0. The SMILES string of the molecule is COc1ccc(C(C)Nc2ccc(O)c(C)c2)c(F)c1. The van der Waals surface area contributed by atoms with Gasteiger partial charge in [-0.1, -0.05) is 6.07 Å². The van der Waals surface area contributed by atoms with Crippen molar-refractivity contribution >= 4 is 5.69 Å². The van der Waals surface area contributed by atoms with E-state index >= 15 is 0 Å². The van der Waals surface area contributed by atoms with Crippen molar-refractivity contribution in [1.82, 2.24) is 0 Å². The van der Waals surface area contributed by atoms with Gasteiger partial charge in [0.2, 0.25) is 0 Å². The number of hydrogen-bond acceptors (Lipinski definition) is 3. The van der Waals surface area contributed by atoms with Crippen molar-refractivity contribution in [2.75, 3.05) is 12.4 Å². The van der Waals surface area contributed by atoms with Gasteiger partial charge in [-0.25, -0.2) is 4.39 Å². The minimum absolute atomic E-state index is 0.190. The summed E-state index contributed by atoms with van der Waals surface area (Å²) in [4.78, 5) is 0. The van der Waals surface area contributed by atoms with Crippen molar-refractivity contribution in [2.24, 2.45) is 0 Å². The Labute approximate surface area is 118 Å². The fourth-order valence-electron chi connectivity index (χ4n) is 2.06. The zero-order valence-electron chi connectivity index (χ0n) is 11.8. The molecule has 1 atom stereocenters. The summed E-state index contributed by atoms with van der Waals surface area (Å²) in [7, 11) is 1.51. The van der Waals surface area contributed by atoms with Crippen LogP contribution in [0.3, 0.4) is 0 Å². The highest BCUT2D eigenvalue weighted by Gasteiger charge is 2.12. The van der Waals surface area contributed by atoms with Gasteiger partial charge in [0, 0.05) is 17.3 Å². The summed E-state index contributed by atoms with van der Waals surface area (Å²) in [5.74, 6) is 0.442. The highest BCUT2D eigenvalue weighted by Crippen LogP contribution is 2.27. The smallest absolute Gasteiger partial charge is 0.132 e. The molecule has 4 heteroatoms. The van der Waals surface area contributed by atoms with Gasteiger partial charge in [-0.15, -0.1) is 0 Å². The molecule has 2 rings (SSSR count). The van der Waals surface area contributed by atoms with Crippen LogP contribution in [-0.4, -0.2) is 12.2 Å². The average Bonchev–Trinajstić information content (AvgIpc) is 2.42. The van der Waals surface area contributed by atoms with Crippen LogP contribution < -0.4 is 10.1 Å². The largest absolute Gasteiger partial charge is 0.508 e. The first-order valence-electron chi connectivity index (χ1n) is 6.41. The maximum atomic E-state index is 14.0. The first kappa shape index (κ1) is 14.2. The van der Waals surface area contributed by atoms with E-state index in [0.717, 1.165) is 11.3 Å². The van der Waals surface area contributed by atoms with Gasteiger partial charge in [0.1, 0.15) is 17.3 Å². The Morgan fingerprint density at radius 2 is 1.95 bits per heavy atom. The minimum Gasteiger partial charge on any atom is -0.508 e. The molecule has 2 aromatic rings. The Morgan fingerprint density at radius 1 is 1.20 bits per heavy atom. The Balaban J connectivity index is 2.19. The molecule has 0 aromatic heterocycles. The summed E-state index contributed by atoms with van der Waals surface area (Å²) >= 11 is 0. The number of methoxy groups -OCH3 is 1. The summed E-state index contributed by atoms with van der Waals surface area (Å²) in [6, 6.07) is 9.83. The Bertz CT molecular complexity index is 613. The molecule has 2 aromatic carbocycles. The van der Waals surface area contributed by atoms with Crippen molar-refractivity contribution in [2.45, 2.75) is 19.9 Å². The second-order valence-electron chi connectivity index (χ2n) is 4.75. The predicted octanol–water partition coefficient (Wildman–Crippen LogP) is 4.02. The van der Waals surface area contributed by atoms with Gasteiger partial charge in [-0.05, 0) is 43.7 Å². The van der Waals surface area contributed by atoms with Crippen LogP contribution in [-0.2, 0) is 0 Å². The first-order chi connectivity index (χ1) is 9.51. The molecule has 0 fully saturated rings. The third kappa shape index (κ3) is 3.02. The van der Waals surface area contributed by atoms with Crippen molar-refractivity contribution in [3.63, 3.8) is 0 Å². The summed E-state index contributed by atoms with van der Waals surface area (Å²) in [5, 5.41) is 12.7. The summed E-state index contributed by atoms with van der Waals surface area (Å²) in [5.41, 5.74) is 2.18. The molecule has 0 spiro atoms. The van der Waals surface area contributed by atoms with E-state index in [0.29, 0.717) is 11.3 Å². The van der Waals surface area contributed by atoms with E-state index in [4.69, 9.17) is 4.74 Å². The molecule has 0 bridgehead atoms. The number of hydrogen-bond donors (Lipinski definition) is 2. The number of aryl methyl sites for hydroxylation is 1. The highest BCUT2D eigenvalue weighted by atomic mass is 19.1. The van der Waals surface area contributed by atoms with E-state index in [9.17, 15) is 9.50 Å². The molecule has 20 heavy (non-hydrogen) atoms. The molecule has 0 aliphatic rings. The molecule has 0 heterocycles. The maximum absolute atomic E-state index is 14.0. The number of anilines is 1. The molecule has 0 radical (unpaired) electrons. The second kappa shape index (κ2) is 5.82. The second-order valence-corrected chi connectivity index (χ2v) is 4.75. The number of aromatic hydroxyl groups is 1. The van der Waals surface area contributed by atoms with E-state index in [2.05, 4.69) is 5.32 Å². The number of halogens is 1. The van der Waals surface area contributed by atoms with Crippen LogP contribution in [0, 0.1) is 12.7 Å². The third-order valence-corrected chi connectivity index (χ3v) is 3.25. The van der Waals surface area contributed by atoms with Gasteiger partial charge >= 0.3 is 0 Å². The lowest BCUT2D eigenvalue weighted by Crippen LogP contribution is -2.08. The van der Waals surface area contributed by atoms with E-state index in [-0.39, 0.29) is 17.6 Å². The Hall–Kier alpha value is -2.23. The third-order valence-electron chi connectivity index (χ3n) is 3.25. The van der Waals surface area contributed by atoms with Crippen LogP contribution in [0.15, 0.2) is 36.4 Å². The monoisotopic (exact) mass is 275 g/mol. The van der Waals surface area contributed by atoms with Gasteiger partial charge in [0.25, 0.3) is 0 Å². The van der Waals surface area contributed by atoms with Crippen LogP contribution in [0.2, 0.25) is 0 Å². The van der Waals surface area contributed by atoms with Crippen molar-refractivity contribution in [3.05, 3.63) is 53.3 Å². The van der Waals surface area contributed by atoms with Crippen LogP contribution in [0.5, 0.6) is 11.5 Å². The van der Waals surface area contributed by atoms with Crippen LogP contribution in [0.4, 0.5) is 10.1 Å². The molecule has 2 N–H and O–H groups in total. The van der Waals surface area contributed by atoms with Crippen molar-refractivity contribution < 1.29 is 14.2 Å². The molecule has 1 unspecified atom stereocenters. The molecular formula is C16H18FNO2. The number of benzene rings is 2. The lowest BCUT2D eigenvalue weighted by Gasteiger charge is -2.17. The Morgan fingerprint density at radius 3 is 2.55 bits per heavy atom. The molecule has 0 amide bonds. The number of rotatable bonds is 4. The lowest BCUT2D eigenvalue weighted by molar-refractivity contribution is 0.410. The first-order valence-corrected chi connectivity index (χ1v) is 6.41. The number of nitrogens with one attached hydrogen (secondary N) is 1. The molecule has 0 saturated heterocycles. The van der Waals surface area contributed by atoms with E-state index in [1.165, 1.54) is 13.2 Å². The number of ether oxygens (including phenoxy) is 1. The van der Waals surface area contributed by atoms with E-state index < -0.39 is 0 Å². The van der Waals surface area contributed by atoms with Gasteiger partial charge < -0.3 is 15.2 Å². The zero-order chi connectivity index (χ0) is 14.7. The van der Waals surface area contributed by atoms with Crippen molar-refractivity contribution in [3.8, 4) is 11.5 Å². The topological polar surface area (TPSA) is 41.5 Å². The fraction of sp³-hybridized carbons (Fsp3) is 0.250. The van der Waals surface area contributed by atoms with Crippen molar-refractivity contribution in [1.29, 1.82) is 0 Å². The predicted molar refractivity (Wildman–Crippen MR) is 77.8 cm³/mol. The maximum Gasteiger partial charge on any atom is 0.132 e. The summed E-state index contributed by atoms with van der Waals surface area (Å²) < 4.78 is 19.0. The lowest BCUT2D eigenvalue weighted by atomic mass is 10.1. The van der Waals surface area contributed by atoms with Crippen LogP contribution >= 0.6 is 0 Å². The fourth-order valence-corrected chi connectivity index (χ4v) is 2.06. The van der Waals surface area contributed by atoms with Gasteiger partial charge in [-0.2, -0.15) is 0 Å². The van der Waals surface area contributed by atoms with Gasteiger partial charge in [0.05, 0.1) is 13.2 Å². The van der Waals surface area contributed by atoms with Crippen LogP contribution in [0.25, 0.3) is 0 Å².